The van der Waals surface area contributed by atoms with Crippen molar-refractivity contribution in [1.82, 2.24) is 4.57 Å². The molecule has 0 aliphatic heterocycles. The van der Waals surface area contributed by atoms with E-state index in [0.717, 1.165) is 40.5 Å². The number of anilines is 3. The highest BCUT2D eigenvalue weighted by Crippen LogP contribution is 2.61. The van der Waals surface area contributed by atoms with Crippen LogP contribution in [-0.4, -0.2) is 4.57 Å². The van der Waals surface area contributed by atoms with E-state index in [1.165, 1.54) is 105 Å². The van der Waals surface area contributed by atoms with E-state index in [2.05, 4.69) is 211 Å². The van der Waals surface area contributed by atoms with Crippen LogP contribution in [0.15, 0.2) is 188 Å². The summed E-state index contributed by atoms with van der Waals surface area (Å²) in [6.07, 6.45) is 8.72. The maximum absolute atomic E-state index is 2.47. The first-order valence-electron chi connectivity index (χ1n) is 23.3. The van der Waals surface area contributed by atoms with Crippen molar-refractivity contribution in [2.45, 2.75) is 63.2 Å². The lowest BCUT2D eigenvalue weighted by atomic mass is 9.48. The van der Waals surface area contributed by atoms with Crippen LogP contribution in [0.25, 0.3) is 60.9 Å². The normalized spacial score (nSPS) is 21.5. The number of nitrogens with zero attached hydrogens (tertiary/aromatic N) is 2. The average Bonchev–Trinajstić information content (AvgIpc) is 3.77. The van der Waals surface area contributed by atoms with Gasteiger partial charge in [0, 0.05) is 38.9 Å². The van der Waals surface area contributed by atoms with Crippen LogP contribution in [-0.2, 0) is 10.8 Å². The molecular weight excluding hydrogens is 761 g/mol. The van der Waals surface area contributed by atoms with Gasteiger partial charge in [0.1, 0.15) is 0 Å². The van der Waals surface area contributed by atoms with Gasteiger partial charge in [-0.15, -0.1) is 0 Å². The molecule has 1 aromatic heterocycles. The van der Waals surface area contributed by atoms with Crippen LogP contribution in [0, 0.1) is 17.8 Å². The zero-order valence-electron chi connectivity index (χ0n) is 36.3. The lowest BCUT2D eigenvalue weighted by Gasteiger charge is -2.57. The molecule has 14 rings (SSSR count). The quantitative estimate of drug-likeness (QED) is 0.156. The number of benzene rings is 8. The van der Waals surface area contributed by atoms with Crippen molar-refractivity contribution in [3.63, 3.8) is 0 Å². The fourth-order valence-corrected chi connectivity index (χ4v) is 13.4. The smallest absolute Gasteiger partial charge is 0.0561 e. The lowest BCUT2D eigenvalue weighted by molar-refractivity contribution is -0.00518. The number of aromatic nitrogens is 1. The fourth-order valence-electron chi connectivity index (χ4n) is 13.4. The van der Waals surface area contributed by atoms with Crippen molar-refractivity contribution in [2.24, 2.45) is 17.8 Å². The second-order valence-corrected chi connectivity index (χ2v) is 20.0. The summed E-state index contributed by atoms with van der Waals surface area (Å²) < 4.78 is 2.42. The molecule has 0 saturated heterocycles. The van der Waals surface area contributed by atoms with Gasteiger partial charge in [-0.1, -0.05) is 147 Å². The Morgan fingerprint density at radius 2 is 0.937 bits per heavy atom. The van der Waals surface area contributed by atoms with E-state index >= 15 is 0 Å². The highest BCUT2D eigenvalue weighted by Gasteiger charge is 2.51. The Morgan fingerprint density at radius 3 is 1.62 bits per heavy atom. The van der Waals surface area contributed by atoms with Crippen LogP contribution in [0.2, 0.25) is 0 Å². The molecule has 4 fully saturated rings. The Morgan fingerprint density at radius 1 is 0.429 bits per heavy atom. The summed E-state index contributed by atoms with van der Waals surface area (Å²) in [7, 11) is 0. The molecule has 306 valence electrons. The third-order valence-electron chi connectivity index (χ3n) is 16.0. The van der Waals surface area contributed by atoms with Crippen LogP contribution in [0.4, 0.5) is 17.1 Å². The standard InChI is InChI=1S/C61H52N2/c1-60(2)56-14-8-6-12-52(56)53-30-28-50(35-57(53)60)62(51-29-31-55-54-13-7-9-15-58(54)63(59(55)36-51)48-10-4-3-5-11-48)49-26-22-46(23-27-49)44-18-16-43(17-19-44)45-20-24-47(25-21-45)61-37-40-32-41(38-61)34-42(33-40)39-61/h3-31,35-36,40-42H,32-34,37-39H2,1-2H3. The third-order valence-corrected chi connectivity index (χ3v) is 16.0. The van der Waals surface area contributed by atoms with Gasteiger partial charge in [0.15, 0.2) is 0 Å². The van der Waals surface area contributed by atoms with Gasteiger partial charge < -0.3 is 9.47 Å². The highest BCUT2D eigenvalue weighted by molar-refractivity contribution is 6.10. The van der Waals surface area contributed by atoms with Crippen molar-refractivity contribution < 1.29 is 0 Å². The van der Waals surface area contributed by atoms with Crippen molar-refractivity contribution in [3.8, 4) is 39.1 Å². The number of para-hydroxylation sites is 2. The minimum Gasteiger partial charge on any atom is -0.310 e. The Bertz CT molecular complexity index is 3170. The Balaban J connectivity index is 0.864. The van der Waals surface area contributed by atoms with Crippen LogP contribution in [0.1, 0.15) is 69.1 Å². The fraction of sp³-hybridized carbons (Fsp3) is 0.213. The van der Waals surface area contributed by atoms with Gasteiger partial charge in [-0.2, -0.15) is 0 Å². The van der Waals surface area contributed by atoms with Crippen LogP contribution in [0.3, 0.4) is 0 Å². The van der Waals surface area contributed by atoms with Crippen molar-refractivity contribution in [3.05, 3.63) is 205 Å². The monoisotopic (exact) mass is 812 g/mol. The maximum atomic E-state index is 2.47. The first kappa shape index (κ1) is 37.0. The van der Waals surface area contributed by atoms with Crippen LogP contribution in [0.5, 0.6) is 0 Å². The summed E-state index contributed by atoms with van der Waals surface area (Å²) in [4.78, 5) is 2.45. The van der Waals surface area contributed by atoms with Gasteiger partial charge in [0.25, 0.3) is 0 Å². The van der Waals surface area contributed by atoms with Crippen LogP contribution < -0.4 is 4.90 Å². The molecule has 9 aromatic rings. The minimum absolute atomic E-state index is 0.107. The zero-order valence-corrected chi connectivity index (χ0v) is 36.3. The van der Waals surface area contributed by atoms with E-state index < -0.39 is 0 Å². The third kappa shape index (κ3) is 5.83. The zero-order chi connectivity index (χ0) is 41.9. The molecule has 4 bridgehead atoms. The average molecular weight is 813 g/mol. The van der Waals surface area contributed by atoms with E-state index in [9.17, 15) is 0 Å². The Hall–Kier alpha value is -6.64. The minimum atomic E-state index is -0.107. The molecular formula is C61H52N2. The molecule has 0 amide bonds. The number of hydrogen-bond donors (Lipinski definition) is 0. The van der Waals surface area contributed by atoms with Crippen molar-refractivity contribution >= 4 is 38.9 Å². The van der Waals surface area contributed by atoms with Crippen molar-refractivity contribution in [1.29, 1.82) is 0 Å². The molecule has 0 unspecified atom stereocenters. The summed E-state index contributed by atoms with van der Waals surface area (Å²) >= 11 is 0. The molecule has 5 aliphatic rings. The summed E-state index contributed by atoms with van der Waals surface area (Å²) in [5.41, 5.74) is 19.4. The number of rotatable bonds is 7. The van der Waals surface area contributed by atoms with E-state index in [4.69, 9.17) is 0 Å². The van der Waals surface area contributed by atoms with Gasteiger partial charge in [-0.05, 0) is 166 Å². The van der Waals surface area contributed by atoms with Gasteiger partial charge in [-0.3, -0.25) is 0 Å². The molecule has 63 heavy (non-hydrogen) atoms. The summed E-state index contributed by atoms with van der Waals surface area (Å²) in [6, 6.07) is 70.7. The number of fused-ring (bicyclic) bond motifs is 6. The molecule has 0 radical (unpaired) electrons. The highest BCUT2D eigenvalue weighted by atomic mass is 15.1. The topological polar surface area (TPSA) is 8.17 Å². The largest absolute Gasteiger partial charge is 0.310 e. The second kappa shape index (κ2) is 13.9. The van der Waals surface area contributed by atoms with Gasteiger partial charge in [-0.25, -0.2) is 0 Å². The van der Waals surface area contributed by atoms with E-state index in [1.807, 2.05) is 0 Å². The predicted molar refractivity (Wildman–Crippen MR) is 264 cm³/mol. The van der Waals surface area contributed by atoms with Gasteiger partial charge in [0.05, 0.1) is 11.0 Å². The first-order valence-corrected chi connectivity index (χ1v) is 23.3. The molecule has 1 heterocycles. The van der Waals surface area contributed by atoms with E-state index in [1.54, 1.807) is 5.56 Å². The molecule has 8 aromatic carbocycles. The van der Waals surface area contributed by atoms with Gasteiger partial charge in [0.2, 0.25) is 0 Å². The molecule has 0 N–H and O–H groups in total. The lowest BCUT2D eigenvalue weighted by Crippen LogP contribution is -2.48. The summed E-state index contributed by atoms with van der Waals surface area (Å²) in [5, 5.41) is 2.51. The molecule has 2 heteroatoms. The predicted octanol–water partition coefficient (Wildman–Crippen LogP) is 16.4. The first-order chi connectivity index (χ1) is 30.9. The second-order valence-electron chi connectivity index (χ2n) is 20.0. The Labute approximate surface area is 371 Å². The van der Waals surface area contributed by atoms with Gasteiger partial charge >= 0.3 is 0 Å². The molecule has 4 saturated carbocycles. The maximum Gasteiger partial charge on any atom is 0.0561 e. The summed E-state index contributed by atoms with van der Waals surface area (Å²) in [6.45, 7) is 4.74. The molecule has 0 atom stereocenters. The van der Waals surface area contributed by atoms with Crippen LogP contribution >= 0.6 is 0 Å². The van der Waals surface area contributed by atoms with E-state index in [0.29, 0.717) is 5.41 Å². The SMILES string of the molecule is CC1(C)c2ccccc2-c2ccc(N(c3ccc(-c4ccc(-c5ccc(C67CC8CC(CC(C8)C6)C7)cc5)cc4)cc3)c3ccc4c5ccccc5n(-c5ccccc5)c4c3)cc21. The van der Waals surface area contributed by atoms with E-state index in [-0.39, 0.29) is 5.41 Å². The Kier molecular flexibility index (Phi) is 8.17. The molecule has 0 spiro atoms. The van der Waals surface area contributed by atoms with Crippen molar-refractivity contribution in [2.75, 3.05) is 4.90 Å². The molecule has 5 aliphatic carbocycles. The molecule has 2 nitrogen and oxygen atoms in total. The summed E-state index contributed by atoms with van der Waals surface area (Å²) in [5.74, 6) is 2.90. The number of hydrogen-bond acceptors (Lipinski definition) is 1.